The molecule has 0 spiro atoms. The van der Waals surface area contributed by atoms with Crippen LogP contribution < -0.4 is 0 Å². The van der Waals surface area contributed by atoms with E-state index in [2.05, 4.69) is 0 Å². The fourth-order valence-corrected chi connectivity index (χ4v) is 4.60. The number of alkyl halides is 12. The van der Waals surface area contributed by atoms with Crippen LogP contribution in [0.5, 0.6) is 0 Å². The zero-order valence-corrected chi connectivity index (χ0v) is 20.3. The average molecular weight is 648 g/mol. The molecule has 2 nitrogen and oxygen atoms in total. The summed E-state index contributed by atoms with van der Waals surface area (Å²) in [4.78, 5) is 0. The molecule has 1 aliphatic rings. The van der Waals surface area contributed by atoms with Crippen LogP contribution in [0.25, 0.3) is 22.3 Å². The molecular weight excluding hydrogens is 644 g/mol. The van der Waals surface area contributed by atoms with Gasteiger partial charge in [0.2, 0.25) is 0 Å². The lowest BCUT2D eigenvalue weighted by Crippen LogP contribution is -2.17. The SMILES string of the molecule is N#CC(=C1c2cc(C(F)(F)F)c(C(F)(F)F)cc2-c2cc(C(F)(F)F)c(C(F)(F)F)cc21)c1c(F)c(F)c(C#N)c(F)c1F. The van der Waals surface area contributed by atoms with Crippen LogP contribution in [0, 0.1) is 45.9 Å². The molecule has 0 saturated carbocycles. The third-order valence-corrected chi connectivity index (χ3v) is 6.35. The predicted octanol–water partition coefficient (Wildman–Crippen LogP) is 9.65. The van der Waals surface area contributed by atoms with Crippen molar-refractivity contribution in [1.82, 2.24) is 0 Å². The monoisotopic (exact) mass is 648 g/mol. The maximum Gasteiger partial charge on any atom is 0.417 e. The predicted molar refractivity (Wildman–Crippen MR) is 114 cm³/mol. The molecular formula is C26H4F16N2. The molecule has 0 radical (unpaired) electrons. The average Bonchev–Trinajstić information content (AvgIpc) is 3.19. The van der Waals surface area contributed by atoms with Gasteiger partial charge >= 0.3 is 24.7 Å². The van der Waals surface area contributed by atoms with Crippen LogP contribution in [0.15, 0.2) is 24.3 Å². The Bertz CT molecular complexity index is 1740. The number of fused-ring (bicyclic) bond motifs is 3. The summed E-state index contributed by atoms with van der Waals surface area (Å²) in [6.07, 6.45) is -23.6. The molecule has 0 saturated heterocycles. The van der Waals surface area contributed by atoms with E-state index in [-0.39, 0.29) is 0 Å². The van der Waals surface area contributed by atoms with Crippen LogP contribution in [-0.2, 0) is 24.7 Å². The van der Waals surface area contributed by atoms with Gasteiger partial charge in [0.1, 0.15) is 17.7 Å². The van der Waals surface area contributed by atoms with Gasteiger partial charge in [-0.15, -0.1) is 0 Å². The molecule has 0 atom stereocenters. The molecule has 3 aromatic carbocycles. The zero-order chi connectivity index (χ0) is 33.5. The molecule has 18 heteroatoms. The Hall–Kier alpha value is -4.74. The largest absolute Gasteiger partial charge is 0.417 e. The van der Waals surface area contributed by atoms with E-state index < -0.39 is 139 Å². The van der Waals surface area contributed by atoms with Crippen LogP contribution in [0.2, 0.25) is 0 Å². The maximum atomic E-state index is 14.9. The molecule has 0 N–H and O–H groups in total. The topological polar surface area (TPSA) is 47.6 Å². The minimum atomic E-state index is -5.93. The normalized spacial score (nSPS) is 13.4. The third kappa shape index (κ3) is 4.97. The Labute approximate surface area is 232 Å². The lowest BCUT2D eigenvalue weighted by atomic mass is 9.90. The highest BCUT2D eigenvalue weighted by atomic mass is 19.4. The fraction of sp³-hybridized carbons (Fsp3) is 0.154. The summed E-state index contributed by atoms with van der Waals surface area (Å²) >= 11 is 0. The van der Waals surface area contributed by atoms with Crippen molar-refractivity contribution in [3.63, 3.8) is 0 Å². The number of hydrogen-bond donors (Lipinski definition) is 0. The number of benzene rings is 3. The first-order valence-electron chi connectivity index (χ1n) is 11.0. The van der Waals surface area contributed by atoms with Crippen LogP contribution in [-0.4, -0.2) is 0 Å². The van der Waals surface area contributed by atoms with Gasteiger partial charge in [-0.25, -0.2) is 17.6 Å². The van der Waals surface area contributed by atoms with Gasteiger partial charge in [-0.2, -0.15) is 63.2 Å². The van der Waals surface area contributed by atoms with Gasteiger partial charge in [0.15, 0.2) is 23.3 Å². The van der Waals surface area contributed by atoms with E-state index in [0.29, 0.717) is 0 Å². The van der Waals surface area contributed by atoms with Crippen molar-refractivity contribution in [3.05, 3.63) is 92.0 Å². The first-order valence-corrected chi connectivity index (χ1v) is 11.0. The summed E-state index contributed by atoms with van der Waals surface area (Å²) in [5, 5.41) is 18.5. The van der Waals surface area contributed by atoms with Crippen LogP contribution in [0.3, 0.4) is 0 Å². The van der Waals surface area contributed by atoms with Crippen molar-refractivity contribution in [2.45, 2.75) is 24.7 Å². The Morgan fingerprint density at radius 2 is 0.773 bits per heavy atom. The highest BCUT2D eigenvalue weighted by molar-refractivity contribution is 6.13. The third-order valence-electron chi connectivity index (χ3n) is 6.35. The molecule has 0 unspecified atom stereocenters. The van der Waals surface area contributed by atoms with E-state index in [9.17, 15) is 75.5 Å². The number of rotatable bonds is 1. The Kier molecular flexibility index (Phi) is 7.24. The van der Waals surface area contributed by atoms with E-state index in [1.54, 1.807) is 0 Å². The maximum absolute atomic E-state index is 14.9. The minimum absolute atomic E-state index is 0.404. The van der Waals surface area contributed by atoms with Gasteiger partial charge in [-0.1, -0.05) is 0 Å². The smallest absolute Gasteiger partial charge is 0.203 e. The summed E-state index contributed by atoms with van der Waals surface area (Å²) in [6.45, 7) is 0. The highest BCUT2D eigenvalue weighted by Crippen LogP contribution is 2.55. The van der Waals surface area contributed by atoms with Gasteiger partial charge in [0.25, 0.3) is 0 Å². The highest BCUT2D eigenvalue weighted by Gasteiger charge is 2.48. The molecule has 0 aromatic heterocycles. The summed E-state index contributed by atoms with van der Waals surface area (Å²) < 4.78 is 223. The van der Waals surface area contributed by atoms with Crippen LogP contribution >= 0.6 is 0 Å². The van der Waals surface area contributed by atoms with E-state index in [1.807, 2.05) is 0 Å². The van der Waals surface area contributed by atoms with Crippen molar-refractivity contribution in [2.75, 3.05) is 0 Å². The molecule has 3 aromatic rings. The summed E-state index contributed by atoms with van der Waals surface area (Å²) in [5.74, 6) is -10.1. The number of halogens is 16. The van der Waals surface area contributed by atoms with Crippen molar-refractivity contribution < 1.29 is 70.2 Å². The fourth-order valence-electron chi connectivity index (χ4n) is 4.60. The summed E-state index contributed by atoms with van der Waals surface area (Å²) in [5.41, 5.74) is -23.1. The number of hydrogen-bond acceptors (Lipinski definition) is 2. The summed E-state index contributed by atoms with van der Waals surface area (Å²) in [6, 6.07) is -0.0760. The molecule has 0 aliphatic heterocycles. The molecule has 44 heavy (non-hydrogen) atoms. The molecule has 0 amide bonds. The summed E-state index contributed by atoms with van der Waals surface area (Å²) in [7, 11) is 0. The minimum Gasteiger partial charge on any atom is -0.203 e. The Morgan fingerprint density at radius 1 is 0.477 bits per heavy atom. The van der Waals surface area contributed by atoms with Crippen molar-refractivity contribution in [1.29, 1.82) is 10.5 Å². The van der Waals surface area contributed by atoms with Gasteiger partial charge in [0.05, 0.1) is 33.4 Å². The molecule has 0 bridgehead atoms. The molecule has 1 aliphatic carbocycles. The van der Waals surface area contributed by atoms with E-state index in [0.717, 1.165) is 12.1 Å². The molecule has 230 valence electrons. The van der Waals surface area contributed by atoms with Crippen LogP contribution in [0.1, 0.15) is 44.5 Å². The Balaban J connectivity index is 2.35. The van der Waals surface area contributed by atoms with Gasteiger partial charge in [-0.3, -0.25) is 0 Å². The lowest BCUT2D eigenvalue weighted by Gasteiger charge is -2.18. The number of allylic oxidation sites excluding steroid dienone is 1. The quantitative estimate of drug-likeness (QED) is 0.117. The van der Waals surface area contributed by atoms with Crippen molar-refractivity contribution in [3.8, 4) is 23.3 Å². The van der Waals surface area contributed by atoms with Crippen molar-refractivity contribution >= 4 is 11.1 Å². The lowest BCUT2D eigenvalue weighted by molar-refractivity contribution is -0.162. The van der Waals surface area contributed by atoms with E-state index in [4.69, 9.17) is 5.26 Å². The standard InChI is InChI=1S/C26H4F16N2/c27-19-12(6-44)20(28)22(30)18(21(19)29)11(5-43)17-9-3-15(25(37,38)39)13(23(31,32)33)1-7(9)8-2-14(24(34,35)36)16(4-10(8)17)26(40,41)42/h1-4H. The molecule has 0 heterocycles. The molecule has 0 fully saturated rings. The second kappa shape index (κ2) is 9.90. The van der Waals surface area contributed by atoms with Gasteiger partial charge < -0.3 is 0 Å². The van der Waals surface area contributed by atoms with Gasteiger partial charge in [-0.05, 0) is 46.5 Å². The van der Waals surface area contributed by atoms with Crippen LogP contribution in [0.4, 0.5) is 70.2 Å². The first kappa shape index (κ1) is 32.2. The first-order chi connectivity index (χ1) is 20.0. The van der Waals surface area contributed by atoms with Crippen molar-refractivity contribution in [2.24, 2.45) is 0 Å². The van der Waals surface area contributed by atoms with Gasteiger partial charge in [0, 0.05) is 5.57 Å². The second-order valence-corrected chi connectivity index (χ2v) is 8.86. The van der Waals surface area contributed by atoms with E-state index >= 15 is 0 Å². The second-order valence-electron chi connectivity index (χ2n) is 8.86. The molecule has 4 rings (SSSR count). The van der Waals surface area contributed by atoms with E-state index in [1.165, 1.54) is 0 Å². The zero-order valence-electron chi connectivity index (χ0n) is 20.3. The Morgan fingerprint density at radius 3 is 1.02 bits per heavy atom. The number of nitrogens with zero attached hydrogens (tertiary/aromatic N) is 2. The number of nitriles is 2.